The Kier molecular flexibility index (Phi) is 4.58. The van der Waals surface area contributed by atoms with E-state index in [1.807, 2.05) is 18.2 Å². The molecule has 1 aliphatic carbocycles. The number of H-pyrrole nitrogens is 1. The summed E-state index contributed by atoms with van der Waals surface area (Å²) in [6.07, 6.45) is 3.89. The van der Waals surface area contributed by atoms with Gasteiger partial charge in [-0.25, -0.2) is 0 Å². The monoisotopic (exact) mass is 388 g/mol. The molecule has 136 valence electrons. The van der Waals surface area contributed by atoms with E-state index in [1.165, 1.54) is 10.4 Å². The Morgan fingerprint density at radius 1 is 1.23 bits per heavy atom. The smallest absolute Gasteiger partial charge is 0.263 e. The summed E-state index contributed by atoms with van der Waals surface area (Å²) in [5.74, 6) is 1.38. The summed E-state index contributed by atoms with van der Waals surface area (Å²) < 4.78 is 12.8. The van der Waals surface area contributed by atoms with Gasteiger partial charge in [-0.2, -0.15) is 0 Å². The normalized spacial score (nSPS) is 13.2. The SMILES string of the molecule is COc1ccc(CCn2c(=S)[nH]c3sc4c(c3c2=O)CCC4)cc1OC. The van der Waals surface area contributed by atoms with Crippen molar-refractivity contribution in [2.75, 3.05) is 14.2 Å². The third kappa shape index (κ3) is 2.85. The highest BCUT2D eigenvalue weighted by atomic mass is 32.1. The van der Waals surface area contributed by atoms with Gasteiger partial charge in [0.2, 0.25) is 0 Å². The highest BCUT2D eigenvalue weighted by molar-refractivity contribution is 7.71. The zero-order chi connectivity index (χ0) is 18.3. The summed E-state index contributed by atoms with van der Waals surface area (Å²) in [4.78, 5) is 18.6. The second-order valence-corrected chi connectivity index (χ2v) is 7.88. The van der Waals surface area contributed by atoms with Crippen molar-refractivity contribution in [3.05, 3.63) is 49.3 Å². The number of nitrogens with zero attached hydrogens (tertiary/aromatic N) is 1. The fourth-order valence-electron chi connectivity index (χ4n) is 3.59. The van der Waals surface area contributed by atoms with Crippen LogP contribution in [0.1, 0.15) is 22.4 Å². The first-order valence-corrected chi connectivity index (χ1v) is 9.83. The predicted molar refractivity (Wildman–Crippen MR) is 107 cm³/mol. The Morgan fingerprint density at radius 2 is 2.04 bits per heavy atom. The van der Waals surface area contributed by atoms with Gasteiger partial charge >= 0.3 is 0 Å². The Balaban J connectivity index is 1.68. The van der Waals surface area contributed by atoms with Crippen LogP contribution in [-0.2, 0) is 25.8 Å². The number of ether oxygens (including phenoxy) is 2. The van der Waals surface area contributed by atoms with Crippen molar-refractivity contribution < 1.29 is 9.47 Å². The van der Waals surface area contributed by atoms with Gasteiger partial charge in [0.25, 0.3) is 5.56 Å². The topological polar surface area (TPSA) is 56.2 Å². The molecule has 1 aromatic carbocycles. The number of methoxy groups -OCH3 is 2. The van der Waals surface area contributed by atoms with Gasteiger partial charge in [-0.05, 0) is 61.2 Å². The molecule has 0 amide bonds. The number of hydrogen-bond donors (Lipinski definition) is 1. The third-order valence-corrected chi connectivity index (χ3v) is 6.45. The van der Waals surface area contributed by atoms with Gasteiger partial charge in [-0.1, -0.05) is 6.07 Å². The van der Waals surface area contributed by atoms with Crippen LogP contribution in [0, 0.1) is 4.77 Å². The maximum atomic E-state index is 13.1. The van der Waals surface area contributed by atoms with E-state index in [0.717, 1.165) is 35.0 Å². The van der Waals surface area contributed by atoms with Crippen molar-refractivity contribution in [2.24, 2.45) is 0 Å². The van der Waals surface area contributed by atoms with E-state index in [9.17, 15) is 4.79 Å². The molecule has 7 heteroatoms. The lowest BCUT2D eigenvalue weighted by Crippen LogP contribution is -2.23. The van der Waals surface area contributed by atoms with Crippen LogP contribution in [0.5, 0.6) is 11.5 Å². The minimum Gasteiger partial charge on any atom is -0.493 e. The maximum Gasteiger partial charge on any atom is 0.263 e. The summed E-state index contributed by atoms with van der Waals surface area (Å²) >= 11 is 7.13. The molecule has 0 bridgehead atoms. The van der Waals surface area contributed by atoms with Gasteiger partial charge in [0.15, 0.2) is 16.3 Å². The zero-order valence-corrected chi connectivity index (χ0v) is 16.4. The fourth-order valence-corrected chi connectivity index (χ4v) is 5.21. The molecule has 1 N–H and O–H groups in total. The number of thiophene rings is 1. The minimum absolute atomic E-state index is 0.0311. The second-order valence-electron chi connectivity index (χ2n) is 6.39. The van der Waals surface area contributed by atoms with Crippen LogP contribution in [-0.4, -0.2) is 23.8 Å². The lowest BCUT2D eigenvalue weighted by molar-refractivity contribution is 0.354. The van der Waals surface area contributed by atoms with Crippen molar-refractivity contribution in [2.45, 2.75) is 32.2 Å². The highest BCUT2D eigenvalue weighted by Gasteiger charge is 2.21. The molecule has 2 heterocycles. The average molecular weight is 389 g/mol. The molecule has 0 unspecified atom stereocenters. The molecule has 5 nitrogen and oxygen atoms in total. The fraction of sp³-hybridized carbons (Fsp3) is 0.368. The quantitative estimate of drug-likeness (QED) is 0.674. The first kappa shape index (κ1) is 17.3. The second kappa shape index (κ2) is 6.89. The van der Waals surface area contributed by atoms with E-state index in [2.05, 4.69) is 4.98 Å². The third-order valence-electron chi connectivity index (χ3n) is 4.92. The summed E-state index contributed by atoms with van der Waals surface area (Å²) in [5, 5.41) is 0.836. The number of aromatic amines is 1. The Hall–Kier alpha value is -2.12. The Bertz CT molecular complexity index is 1090. The number of nitrogens with one attached hydrogen (secondary N) is 1. The van der Waals surface area contributed by atoms with Crippen molar-refractivity contribution in [3.8, 4) is 11.5 Å². The number of aromatic nitrogens is 2. The van der Waals surface area contributed by atoms with Crippen LogP contribution in [0.3, 0.4) is 0 Å². The van der Waals surface area contributed by atoms with Crippen molar-refractivity contribution in [1.82, 2.24) is 9.55 Å². The largest absolute Gasteiger partial charge is 0.493 e. The van der Waals surface area contributed by atoms with Crippen LogP contribution in [0.4, 0.5) is 0 Å². The first-order chi connectivity index (χ1) is 12.6. The molecule has 0 saturated heterocycles. The number of aryl methyl sites for hydroxylation is 3. The highest BCUT2D eigenvalue weighted by Crippen LogP contribution is 2.34. The van der Waals surface area contributed by atoms with Gasteiger partial charge in [0.1, 0.15) is 4.83 Å². The number of benzene rings is 1. The molecule has 26 heavy (non-hydrogen) atoms. The number of hydrogen-bond acceptors (Lipinski definition) is 5. The van der Waals surface area contributed by atoms with Gasteiger partial charge in [-0.3, -0.25) is 9.36 Å². The molecule has 2 aromatic heterocycles. The van der Waals surface area contributed by atoms with Gasteiger partial charge in [0.05, 0.1) is 19.6 Å². The van der Waals surface area contributed by atoms with E-state index < -0.39 is 0 Å². The Labute approximate surface area is 160 Å². The lowest BCUT2D eigenvalue weighted by atomic mass is 10.1. The maximum absolute atomic E-state index is 13.1. The first-order valence-electron chi connectivity index (χ1n) is 8.60. The van der Waals surface area contributed by atoms with Gasteiger partial charge in [0, 0.05) is 11.4 Å². The van der Waals surface area contributed by atoms with Crippen molar-refractivity contribution in [3.63, 3.8) is 0 Å². The number of rotatable bonds is 5. The molecule has 0 aliphatic heterocycles. The molecular weight excluding hydrogens is 368 g/mol. The summed E-state index contributed by atoms with van der Waals surface area (Å²) in [7, 11) is 3.23. The van der Waals surface area contributed by atoms with E-state index >= 15 is 0 Å². The molecule has 0 fully saturated rings. The van der Waals surface area contributed by atoms with E-state index in [1.54, 1.807) is 30.1 Å². The molecule has 3 aromatic rings. The predicted octanol–water partition coefficient (Wildman–Crippen LogP) is 3.87. The van der Waals surface area contributed by atoms with Crippen LogP contribution >= 0.6 is 23.6 Å². The summed E-state index contributed by atoms with van der Waals surface area (Å²) in [6.45, 7) is 0.532. The van der Waals surface area contributed by atoms with Crippen LogP contribution in [0.2, 0.25) is 0 Å². The van der Waals surface area contributed by atoms with Gasteiger partial charge in [-0.15, -0.1) is 11.3 Å². The number of fused-ring (bicyclic) bond motifs is 3. The molecule has 1 aliphatic rings. The molecule has 0 saturated carbocycles. The standard InChI is InChI=1S/C19H20N2O3S2/c1-23-13-7-6-11(10-14(13)24-2)8-9-21-18(22)16-12-4-3-5-15(12)26-17(16)20-19(21)25/h6-7,10H,3-5,8-9H2,1-2H3,(H,20,25). The Morgan fingerprint density at radius 3 is 2.81 bits per heavy atom. The van der Waals surface area contributed by atoms with E-state index in [0.29, 0.717) is 29.2 Å². The molecule has 0 atom stereocenters. The van der Waals surface area contributed by atoms with Crippen LogP contribution in [0.15, 0.2) is 23.0 Å². The van der Waals surface area contributed by atoms with E-state index in [4.69, 9.17) is 21.7 Å². The molecule has 0 radical (unpaired) electrons. The summed E-state index contributed by atoms with van der Waals surface area (Å²) in [5.41, 5.74) is 2.32. The average Bonchev–Trinajstić information content (AvgIpc) is 3.21. The van der Waals surface area contributed by atoms with Crippen molar-refractivity contribution >= 4 is 33.8 Å². The zero-order valence-electron chi connectivity index (χ0n) is 14.8. The van der Waals surface area contributed by atoms with Gasteiger partial charge < -0.3 is 14.5 Å². The minimum atomic E-state index is 0.0311. The summed E-state index contributed by atoms with van der Waals surface area (Å²) in [6, 6.07) is 5.81. The van der Waals surface area contributed by atoms with E-state index in [-0.39, 0.29) is 5.56 Å². The molecular formula is C19H20N2O3S2. The van der Waals surface area contributed by atoms with Crippen LogP contribution < -0.4 is 15.0 Å². The molecule has 4 rings (SSSR count). The van der Waals surface area contributed by atoms with Crippen molar-refractivity contribution in [1.29, 1.82) is 0 Å². The lowest BCUT2D eigenvalue weighted by Gasteiger charge is -2.11. The molecule has 0 spiro atoms. The van der Waals surface area contributed by atoms with Crippen LogP contribution in [0.25, 0.3) is 10.2 Å².